The Morgan fingerprint density at radius 1 is 1.06 bits per heavy atom. The van der Waals surface area contributed by atoms with Gasteiger partial charge in [-0.2, -0.15) is 0 Å². The maximum atomic E-state index is 13.1. The molecular weight excluding hydrogens is 410 g/mol. The third-order valence-corrected chi connectivity index (χ3v) is 5.02. The van der Waals surface area contributed by atoms with E-state index in [0.29, 0.717) is 12.3 Å². The highest BCUT2D eigenvalue weighted by atomic mass is 19.3. The van der Waals surface area contributed by atoms with Crippen molar-refractivity contribution in [3.8, 4) is 28.7 Å². The fourth-order valence-corrected chi connectivity index (χ4v) is 3.47. The molecule has 2 aromatic rings. The van der Waals surface area contributed by atoms with E-state index >= 15 is 0 Å². The Morgan fingerprint density at radius 3 is 2.19 bits per heavy atom. The number of rotatable bonds is 9. The van der Waals surface area contributed by atoms with Crippen molar-refractivity contribution < 1.29 is 32.5 Å². The summed E-state index contributed by atoms with van der Waals surface area (Å²) in [5.74, 6) is -2.07. The van der Waals surface area contributed by atoms with Gasteiger partial charge in [0, 0.05) is 24.9 Å². The number of ether oxygens (including phenoxy) is 4. The van der Waals surface area contributed by atoms with Crippen LogP contribution in [0, 0.1) is 0 Å². The van der Waals surface area contributed by atoms with Gasteiger partial charge in [0.2, 0.25) is 11.5 Å². The van der Waals surface area contributed by atoms with E-state index < -0.39 is 30.7 Å². The lowest BCUT2D eigenvalue weighted by Crippen LogP contribution is -2.50. The van der Waals surface area contributed by atoms with Gasteiger partial charge in [0.15, 0.2) is 11.5 Å². The normalized spacial score (nSPS) is 15.0. The van der Waals surface area contributed by atoms with Crippen LogP contribution in [0.3, 0.4) is 0 Å². The quantitative estimate of drug-likeness (QED) is 0.625. The summed E-state index contributed by atoms with van der Waals surface area (Å²) in [7, 11) is 4.22. The van der Waals surface area contributed by atoms with Crippen molar-refractivity contribution in [2.45, 2.75) is 31.2 Å². The lowest BCUT2D eigenvalue weighted by molar-refractivity contribution is -0.0901. The van der Waals surface area contributed by atoms with Crippen molar-refractivity contribution in [3.05, 3.63) is 41.5 Å². The molecule has 0 atom stereocenters. The number of hydrogen-bond donors (Lipinski definition) is 2. The molecule has 1 amide bonds. The van der Waals surface area contributed by atoms with Crippen LogP contribution in [0.15, 0.2) is 30.3 Å². The molecule has 0 aromatic heterocycles. The van der Waals surface area contributed by atoms with Gasteiger partial charge in [-0.05, 0) is 30.7 Å². The van der Waals surface area contributed by atoms with Crippen LogP contribution in [0.4, 0.5) is 8.78 Å². The summed E-state index contributed by atoms with van der Waals surface area (Å²) >= 11 is 0. The molecule has 0 spiro atoms. The van der Waals surface area contributed by atoms with Gasteiger partial charge in [-0.15, -0.1) is 0 Å². The lowest BCUT2D eigenvalue weighted by atomic mass is 9.88. The number of halogens is 2. The van der Waals surface area contributed by atoms with Crippen molar-refractivity contribution in [1.82, 2.24) is 5.32 Å². The summed E-state index contributed by atoms with van der Waals surface area (Å²) in [5.41, 5.74) is 6.72. The highest BCUT2D eigenvalue weighted by Gasteiger charge is 2.46. The van der Waals surface area contributed by atoms with E-state index in [9.17, 15) is 13.6 Å². The Kier molecular flexibility index (Phi) is 6.84. The number of methoxy groups -OCH3 is 3. The summed E-state index contributed by atoms with van der Waals surface area (Å²) in [6.07, 6.45) is -0.0514. The Labute approximate surface area is 179 Å². The minimum Gasteiger partial charge on any atom is -0.492 e. The summed E-state index contributed by atoms with van der Waals surface area (Å²) in [6, 6.07) is 8.16. The lowest BCUT2D eigenvalue weighted by Gasteiger charge is -2.35. The Balaban J connectivity index is 1.94. The molecule has 3 rings (SSSR count). The topological polar surface area (TPSA) is 92.0 Å². The standard InChI is InChI=1S/C22H26F2N2O5/c1-28-18-16(21(27)26-14-11-22(23,24)12-14)10-17(19(29-2)20(18)30-3)31-15-6-4-13(5-7-15)8-9-25/h4-7,10,14H,8-9,11-12,25H2,1-3H3,(H,26,27). The van der Waals surface area contributed by atoms with Gasteiger partial charge in [0.1, 0.15) is 5.75 Å². The molecule has 0 saturated heterocycles. The third kappa shape index (κ3) is 4.99. The molecule has 0 unspecified atom stereocenters. The Morgan fingerprint density at radius 2 is 1.68 bits per heavy atom. The SMILES string of the molecule is COc1c(Oc2ccc(CCN)cc2)cc(C(=O)NC2CC(F)(F)C2)c(OC)c1OC. The number of alkyl halides is 2. The zero-order valence-electron chi connectivity index (χ0n) is 17.7. The van der Waals surface area contributed by atoms with Crippen molar-refractivity contribution in [2.24, 2.45) is 5.73 Å². The third-order valence-electron chi connectivity index (χ3n) is 5.02. The second-order valence-corrected chi connectivity index (χ2v) is 7.24. The maximum Gasteiger partial charge on any atom is 0.255 e. The molecular formula is C22H26F2N2O5. The Hall–Kier alpha value is -3.07. The van der Waals surface area contributed by atoms with Gasteiger partial charge in [-0.25, -0.2) is 8.78 Å². The van der Waals surface area contributed by atoms with Crippen molar-refractivity contribution >= 4 is 5.91 Å². The molecule has 168 valence electrons. The molecule has 0 bridgehead atoms. The minimum absolute atomic E-state index is 0.0881. The molecule has 3 N–H and O–H groups in total. The number of carbonyl (C=O) groups is 1. The van der Waals surface area contributed by atoms with Crippen LogP contribution in [0.2, 0.25) is 0 Å². The van der Waals surface area contributed by atoms with E-state index in [-0.39, 0.29) is 28.6 Å². The fraction of sp³-hybridized carbons (Fsp3) is 0.409. The number of carbonyl (C=O) groups excluding carboxylic acids is 1. The van der Waals surface area contributed by atoms with Crippen LogP contribution >= 0.6 is 0 Å². The molecule has 1 saturated carbocycles. The smallest absolute Gasteiger partial charge is 0.255 e. The fourth-order valence-electron chi connectivity index (χ4n) is 3.47. The van der Waals surface area contributed by atoms with Gasteiger partial charge in [-0.3, -0.25) is 4.79 Å². The van der Waals surface area contributed by atoms with Gasteiger partial charge in [0.25, 0.3) is 11.8 Å². The number of nitrogens with one attached hydrogen (secondary N) is 1. The largest absolute Gasteiger partial charge is 0.492 e. The van der Waals surface area contributed by atoms with Crippen LogP contribution in [0.25, 0.3) is 0 Å². The zero-order chi connectivity index (χ0) is 22.6. The molecule has 0 radical (unpaired) electrons. The van der Waals surface area contributed by atoms with E-state index in [2.05, 4.69) is 5.32 Å². The van der Waals surface area contributed by atoms with Crippen LogP contribution < -0.4 is 30.0 Å². The second kappa shape index (κ2) is 9.38. The highest BCUT2D eigenvalue weighted by molar-refractivity contribution is 5.99. The molecule has 0 heterocycles. The van der Waals surface area contributed by atoms with Crippen molar-refractivity contribution in [3.63, 3.8) is 0 Å². The average Bonchev–Trinajstić information content (AvgIpc) is 2.72. The molecule has 1 fully saturated rings. The molecule has 1 aliphatic carbocycles. The van der Waals surface area contributed by atoms with E-state index in [1.54, 1.807) is 12.1 Å². The van der Waals surface area contributed by atoms with E-state index in [1.807, 2.05) is 12.1 Å². The summed E-state index contributed by atoms with van der Waals surface area (Å²) in [6.45, 7) is 0.537. The van der Waals surface area contributed by atoms with Crippen LogP contribution in [0.1, 0.15) is 28.8 Å². The first kappa shape index (κ1) is 22.6. The predicted octanol–water partition coefficient (Wildman–Crippen LogP) is 3.53. The van der Waals surface area contributed by atoms with Crippen molar-refractivity contribution in [1.29, 1.82) is 0 Å². The first-order chi connectivity index (χ1) is 14.8. The van der Waals surface area contributed by atoms with Crippen molar-refractivity contribution in [2.75, 3.05) is 27.9 Å². The van der Waals surface area contributed by atoms with E-state index in [0.717, 1.165) is 12.0 Å². The molecule has 2 aromatic carbocycles. The monoisotopic (exact) mass is 436 g/mol. The average molecular weight is 436 g/mol. The minimum atomic E-state index is -2.75. The molecule has 31 heavy (non-hydrogen) atoms. The Bertz CT molecular complexity index is 926. The summed E-state index contributed by atoms with van der Waals surface area (Å²) < 4.78 is 48.5. The predicted molar refractivity (Wildman–Crippen MR) is 111 cm³/mol. The van der Waals surface area contributed by atoms with E-state index in [4.69, 9.17) is 24.7 Å². The number of hydrogen-bond acceptors (Lipinski definition) is 6. The van der Waals surface area contributed by atoms with Gasteiger partial charge in [0.05, 0.1) is 26.9 Å². The molecule has 0 aliphatic heterocycles. The van der Waals surface area contributed by atoms with Gasteiger partial charge >= 0.3 is 0 Å². The van der Waals surface area contributed by atoms with Crippen LogP contribution in [-0.2, 0) is 6.42 Å². The van der Waals surface area contributed by atoms with Crippen LogP contribution in [-0.4, -0.2) is 45.7 Å². The number of amides is 1. The first-order valence-electron chi connectivity index (χ1n) is 9.80. The summed E-state index contributed by atoms with van der Waals surface area (Å²) in [5, 5.41) is 2.60. The second-order valence-electron chi connectivity index (χ2n) is 7.24. The maximum absolute atomic E-state index is 13.1. The van der Waals surface area contributed by atoms with E-state index in [1.165, 1.54) is 27.4 Å². The van der Waals surface area contributed by atoms with Gasteiger partial charge in [-0.1, -0.05) is 12.1 Å². The first-order valence-corrected chi connectivity index (χ1v) is 9.80. The summed E-state index contributed by atoms with van der Waals surface area (Å²) in [4.78, 5) is 12.8. The van der Waals surface area contributed by atoms with Gasteiger partial charge < -0.3 is 30.0 Å². The molecule has 1 aliphatic rings. The number of nitrogens with two attached hydrogens (primary N) is 1. The molecule has 7 nitrogen and oxygen atoms in total. The zero-order valence-corrected chi connectivity index (χ0v) is 17.7. The number of benzene rings is 2. The highest BCUT2D eigenvalue weighted by Crippen LogP contribution is 2.48. The van der Waals surface area contributed by atoms with Crippen LogP contribution in [0.5, 0.6) is 28.7 Å². The molecule has 9 heteroatoms.